The molecule has 20 heavy (non-hydrogen) atoms. The van der Waals surface area contributed by atoms with E-state index in [9.17, 15) is 12.8 Å². The Balaban J connectivity index is 2.41. The van der Waals surface area contributed by atoms with E-state index in [1.807, 2.05) is 0 Å². The van der Waals surface area contributed by atoms with Crippen molar-refractivity contribution in [1.29, 1.82) is 0 Å². The van der Waals surface area contributed by atoms with Gasteiger partial charge in [-0.3, -0.25) is 9.82 Å². The lowest BCUT2D eigenvalue weighted by atomic mass is 10.3. The minimum Gasteiger partial charge on any atom is -0.389 e. The quantitative estimate of drug-likeness (QED) is 0.703. The number of hydrogen-bond acceptors (Lipinski definition) is 4. The van der Waals surface area contributed by atoms with Crippen molar-refractivity contribution in [3.63, 3.8) is 0 Å². The number of nitrogens with two attached hydrogens (primary N) is 1. The van der Waals surface area contributed by atoms with Crippen molar-refractivity contribution in [3.8, 4) is 0 Å². The number of rotatable bonds is 4. The van der Waals surface area contributed by atoms with E-state index in [-0.39, 0.29) is 16.4 Å². The van der Waals surface area contributed by atoms with Crippen LogP contribution in [-0.4, -0.2) is 23.6 Å². The largest absolute Gasteiger partial charge is 0.389 e. The summed E-state index contributed by atoms with van der Waals surface area (Å²) < 4.78 is 40.5. The number of H-pyrrole nitrogens is 1. The first-order chi connectivity index (χ1) is 9.31. The van der Waals surface area contributed by atoms with E-state index in [4.69, 9.17) is 18.0 Å². The van der Waals surface area contributed by atoms with Gasteiger partial charge in [-0.1, -0.05) is 28.1 Å². The van der Waals surface area contributed by atoms with Gasteiger partial charge in [0, 0.05) is 4.47 Å². The predicted octanol–water partition coefficient (Wildman–Crippen LogP) is 1.75. The molecule has 0 atom stereocenters. The van der Waals surface area contributed by atoms with Crippen LogP contribution in [0.4, 0.5) is 10.2 Å². The molecule has 0 saturated heterocycles. The zero-order valence-corrected chi connectivity index (χ0v) is 12.9. The highest BCUT2D eigenvalue weighted by molar-refractivity contribution is 9.10. The molecule has 0 aliphatic rings. The van der Waals surface area contributed by atoms with Crippen molar-refractivity contribution in [3.05, 3.63) is 40.2 Å². The molecule has 2 aromatic rings. The molecule has 2 rings (SSSR count). The van der Waals surface area contributed by atoms with E-state index in [0.717, 1.165) is 12.1 Å². The standard InChI is InChI=1S/C10H8BrFN4O2S2/c11-5-1-2-8(7(12)3-5)20(17,18)16-10-6(9(13)19)4-14-15-10/h1-4H,(H2,13,19)(H2,14,15,16). The van der Waals surface area contributed by atoms with Gasteiger partial charge in [-0.25, -0.2) is 12.8 Å². The van der Waals surface area contributed by atoms with Gasteiger partial charge in [0.1, 0.15) is 21.5 Å². The Kier molecular flexibility index (Phi) is 4.06. The molecule has 0 amide bonds. The summed E-state index contributed by atoms with van der Waals surface area (Å²) >= 11 is 7.80. The smallest absolute Gasteiger partial charge is 0.265 e. The molecule has 0 unspecified atom stereocenters. The van der Waals surface area contributed by atoms with Crippen LogP contribution in [0.3, 0.4) is 0 Å². The molecule has 0 saturated carbocycles. The Bertz CT molecular complexity index is 775. The Hall–Kier alpha value is -1.52. The summed E-state index contributed by atoms with van der Waals surface area (Å²) in [6.45, 7) is 0. The zero-order valence-electron chi connectivity index (χ0n) is 9.72. The summed E-state index contributed by atoms with van der Waals surface area (Å²) in [5.41, 5.74) is 5.65. The average molecular weight is 379 g/mol. The van der Waals surface area contributed by atoms with Gasteiger partial charge in [-0.2, -0.15) is 5.10 Å². The fourth-order valence-corrected chi connectivity index (χ4v) is 3.02. The molecule has 0 aliphatic carbocycles. The van der Waals surface area contributed by atoms with Gasteiger partial charge in [0.25, 0.3) is 10.0 Å². The monoisotopic (exact) mass is 378 g/mol. The first-order valence-electron chi connectivity index (χ1n) is 5.12. The van der Waals surface area contributed by atoms with Gasteiger partial charge in [-0.15, -0.1) is 0 Å². The summed E-state index contributed by atoms with van der Waals surface area (Å²) in [4.78, 5) is -0.531. The van der Waals surface area contributed by atoms with Crippen LogP contribution in [0.1, 0.15) is 5.56 Å². The normalized spacial score (nSPS) is 11.3. The third kappa shape index (κ3) is 2.97. The minimum absolute atomic E-state index is 0.0141. The van der Waals surface area contributed by atoms with Crippen LogP contribution in [0, 0.1) is 5.82 Å². The van der Waals surface area contributed by atoms with Crippen molar-refractivity contribution in [2.45, 2.75) is 4.90 Å². The number of aromatic amines is 1. The molecule has 1 heterocycles. The number of nitrogens with zero attached hydrogens (tertiary/aromatic N) is 1. The maximum Gasteiger partial charge on any atom is 0.265 e. The average Bonchev–Trinajstić information content (AvgIpc) is 2.75. The van der Waals surface area contributed by atoms with Crippen LogP contribution in [0.25, 0.3) is 0 Å². The molecule has 0 fully saturated rings. The lowest BCUT2D eigenvalue weighted by Crippen LogP contribution is -2.18. The van der Waals surface area contributed by atoms with E-state index in [1.54, 1.807) is 0 Å². The van der Waals surface area contributed by atoms with Gasteiger partial charge < -0.3 is 5.73 Å². The SMILES string of the molecule is NC(=S)c1cn[nH]c1NS(=O)(=O)c1ccc(Br)cc1F. The lowest BCUT2D eigenvalue weighted by Gasteiger charge is -2.08. The maximum atomic E-state index is 13.7. The third-order valence-corrected chi connectivity index (χ3v) is 4.42. The second-order valence-corrected chi connectivity index (χ2v) is 6.71. The van der Waals surface area contributed by atoms with E-state index in [1.165, 1.54) is 12.3 Å². The highest BCUT2D eigenvalue weighted by atomic mass is 79.9. The summed E-state index contributed by atoms with van der Waals surface area (Å²) in [6.07, 6.45) is 1.28. The highest BCUT2D eigenvalue weighted by Gasteiger charge is 2.21. The van der Waals surface area contributed by atoms with Crippen molar-refractivity contribution in [2.24, 2.45) is 5.73 Å². The van der Waals surface area contributed by atoms with Crippen molar-refractivity contribution < 1.29 is 12.8 Å². The lowest BCUT2D eigenvalue weighted by molar-refractivity contribution is 0.569. The third-order valence-electron chi connectivity index (χ3n) is 2.32. The van der Waals surface area contributed by atoms with E-state index < -0.39 is 20.7 Å². The van der Waals surface area contributed by atoms with Crippen LogP contribution < -0.4 is 10.5 Å². The van der Waals surface area contributed by atoms with Gasteiger partial charge in [0.15, 0.2) is 0 Å². The van der Waals surface area contributed by atoms with Gasteiger partial charge >= 0.3 is 0 Å². The first kappa shape index (κ1) is 14.9. The van der Waals surface area contributed by atoms with Crippen molar-refractivity contribution >= 4 is 49.0 Å². The summed E-state index contributed by atoms with van der Waals surface area (Å²) in [6, 6.07) is 3.60. The van der Waals surface area contributed by atoms with Crippen LogP contribution in [0.15, 0.2) is 33.8 Å². The Morgan fingerprint density at radius 1 is 1.50 bits per heavy atom. The molecule has 106 valence electrons. The van der Waals surface area contributed by atoms with Crippen LogP contribution in [0.2, 0.25) is 0 Å². The molecule has 0 bridgehead atoms. The Labute approximate surface area is 127 Å². The Morgan fingerprint density at radius 2 is 2.20 bits per heavy atom. The number of hydrogen-bond donors (Lipinski definition) is 3. The maximum absolute atomic E-state index is 13.7. The number of nitrogens with one attached hydrogen (secondary N) is 2. The van der Waals surface area contributed by atoms with Gasteiger partial charge in [0.2, 0.25) is 0 Å². The zero-order chi connectivity index (χ0) is 14.9. The van der Waals surface area contributed by atoms with Crippen LogP contribution in [-0.2, 0) is 10.0 Å². The molecule has 10 heteroatoms. The van der Waals surface area contributed by atoms with Crippen molar-refractivity contribution in [1.82, 2.24) is 10.2 Å². The molecule has 6 nitrogen and oxygen atoms in total. The second kappa shape index (κ2) is 5.46. The Morgan fingerprint density at radius 3 is 2.80 bits per heavy atom. The van der Waals surface area contributed by atoms with E-state index >= 15 is 0 Å². The molecular weight excluding hydrogens is 371 g/mol. The number of halogens is 2. The number of aromatic nitrogens is 2. The summed E-state index contributed by atoms with van der Waals surface area (Å²) in [5.74, 6) is -0.900. The second-order valence-electron chi connectivity index (χ2n) is 3.70. The first-order valence-corrected chi connectivity index (χ1v) is 7.81. The molecule has 4 N–H and O–H groups in total. The minimum atomic E-state index is -4.12. The fraction of sp³-hybridized carbons (Fsp3) is 0. The molecule has 1 aromatic heterocycles. The van der Waals surface area contributed by atoms with Gasteiger partial charge in [0.05, 0.1) is 11.8 Å². The number of thiocarbonyl (C=S) groups is 1. The summed E-state index contributed by atoms with van der Waals surface area (Å²) in [7, 11) is -4.12. The van der Waals surface area contributed by atoms with Gasteiger partial charge in [-0.05, 0) is 18.2 Å². The predicted molar refractivity (Wildman–Crippen MR) is 79.4 cm³/mol. The number of benzene rings is 1. The molecule has 0 radical (unpaired) electrons. The van der Waals surface area contributed by atoms with E-state index in [2.05, 4.69) is 30.8 Å². The molecule has 0 spiro atoms. The van der Waals surface area contributed by atoms with Crippen molar-refractivity contribution in [2.75, 3.05) is 4.72 Å². The molecule has 1 aromatic carbocycles. The van der Waals surface area contributed by atoms with E-state index in [0.29, 0.717) is 4.47 Å². The number of anilines is 1. The number of sulfonamides is 1. The molecule has 0 aliphatic heterocycles. The highest BCUT2D eigenvalue weighted by Crippen LogP contribution is 2.22. The van der Waals surface area contributed by atoms with Crippen LogP contribution >= 0.6 is 28.1 Å². The topological polar surface area (TPSA) is 101 Å². The fourth-order valence-electron chi connectivity index (χ4n) is 1.43. The summed E-state index contributed by atoms with van der Waals surface area (Å²) in [5, 5.41) is 6.04. The van der Waals surface area contributed by atoms with Crippen LogP contribution in [0.5, 0.6) is 0 Å². The molecular formula is C10H8BrFN4O2S2.